The number of nitrogens with zero attached hydrogens (tertiary/aromatic N) is 1. The highest BCUT2D eigenvalue weighted by Crippen LogP contribution is 2.32. The Hall–Kier alpha value is -1.16. The van der Waals surface area contributed by atoms with Gasteiger partial charge in [0.1, 0.15) is 0 Å². The van der Waals surface area contributed by atoms with Gasteiger partial charge in [-0.1, -0.05) is 36.4 Å². The molecule has 3 heteroatoms. The summed E-state index contributed by atoms with van der Waals surface area (Å²) < 4.78 is 11.6. The monoisotopic (exact) mass is 273 g/mol. The Kier molecular flexibility index (Phi) is 4.51. The lowest BCUT2D eigenvalue weighted by atomic mass is 10.0. The van der Waals surface area contributed by atoms with Gasteiger partial charge >= 0.3 is 0 Å². The third kappa shape index (κ3) is 2.95. The normalized spacial score (nSPS) is 29.5. The van der Waals surface area contributed by atoms with Crippen LogP contribution in [0.1, 0.15) is 5.56 Å². The summed E-state index contributed by atoms with van der Waals surface area (Å²) in [6.07, 6.45) is 3.23. The van der Waals surface area contributed by atoms with E-state index in [1.807, 2.05) is 6.08 Å². The Morgan fingerprint density at radius 2 is 2.15 bits per heavy atom. The topological polar surface area (TPSA) is 21.7 Å². The number of hydrogen-bond donors (Lipinski definition) is 0. The maximum absolute atomic E-state index is 5.91. The van der Waals surface area contributed by atoms with E-state index in [2.05, 4.69) is 41.8 Å². The van der Waals surface area contributed by atoms with Crippen LogP contribution >= 0.6 is 0 Å². The highest BCUT2D eigenvalue weighted by atomic mass is 16.5. The summed E-state index contributed by atoms with van der Waals surface area (Å²) >= 11 is 0. The third-order valence-corrected chi connectivity index (χ3v) is 4.41. The minimum absolute atomic E-state index is 0.302. The Balaban J connectivity index is 1.57. The van der Waals surface area contributed by atoms with Gasteiger partial charge in [-0.2, -0.15) is 0 Å². The van der Waals surface area contributed by atoms with E-state index in [0.717, 1.165) is 32.7 Å². The molecule has 20 heavy (non-hydrogen) atoms. The highest BCUT2D eigenvalue weighted by molar-refractivity contribution is 5.15. The van der Waals surface area contributed by atoms with E-state index in [1.165, 1.54) is 5.56 Å². The first-order valence-corrected chi connectivity index (χ1v) is 7.46. The van der Waals surface area contributed by atoms with Crippen LogP contribution in [0.5, 0.6) is 0 Å². The zero-order valence-corrected chi connectivity index (χ0v) is 11.9. The fourth-order valence-corrected chi connectivity index (χ4v) is 3.34. The first kappa shape index (κ1) is 13.8. The second kappa shape index (κ2) is 6.53. The van der Waals surface area contributed by atoms with E-state index in [0.29, 0.717) is 24.7 Å². The summed E-state index contributed by atoms with van der Waals surface area (Å²) in [4.78, 5) is 2.54. The zero-order chi connectivity index (χ0) is 13.8. The maximum atomic E-state index is 5.91. The van der Waals surface area contributed by atoms with Crippen molar-refractivity contribution in [3.8, 4) is 0 Å². The molecule has 3 rings (SSSR count). The van der Waals surface area contributed by atoms with Crippen LogP contribution < -0.4 is 0 Å². The van der Waals surface area contributed by atoms with Crippen LogP contribution in [0.2, 0.25) is 0 Å². The van der Waals surface area contributed by atoms with E-state index >= 15 is 0 Å². The van der Waals surface area contributed by atoms with Gasteiger partial charge in [0, 0.05) is 25.0 Å². The van der Waals surface area contributed by atoms with Gasteiger partial charge in [0.15, 0.2) is 0 Å². The second-order valence-electron chi connectivity index (χ2n) is 5.66. The molecule has 0 saturated carbocycles. The number of ether oxygens (including phenoxy) is 2. The molecule has 0 radical (unpaired) electrons. The molecule has 0 aliphatic carbocycles. The minimum Gasteiger partial charge on any atom is -0.379 e. The number of likely N-dealkylation sites (tertiary alicyclic amines) is 1. The van der Waals surface area contributed by atoms with Crippen LogP contribution in [0, 0.1) is 5.92 Å². The third-order valence-electron chi connectivity index (χ3n) is 4.41. The fourth-order valence-electron chi connectivity index (χ4n) is 3.34. The molecule has 0 aromatic heterocycles. The summed E-state index contributed by atoms with van der Waals surface area (Å²) in [5.41, 5.74) is 1.40. The molecule has 0 N–H and O–H groups in total. The first-order valence-electron chi connectivity index (χ1n) is 7.46. The number of benzene rings is 1. The zero-order valence-electron chi connectivity index (χ0n) is 11.9. The summed E-state index contributed by atoms with van der Waals surface area (Å²) in [6, 6.07) is 11.2. The SMILES string of the molecule is C=CCO[C@@H]1CN(CCc2ccccc2)[C@@H]2COC[C@@H]21. The lowest BCUT2D eigenvalue weighted by molar-refractivity contribution is 0.0350. The molecule has 2 heterocycles. The van der Waals surface area contributed by atoms with Gasteiger partial charge < -0.3 is 9.47 Å². The van der Waals surface area contributed by atoms with Crippen molar-refractivity contribution in [3.63, 3.8) is 0 Å². The second-order valence-corrected chi connectivity index (χ2v) is 5.66. The molecule has 1 aromatic carbocycles. The van der Waals surface area contributed by atoms with Gasteiger partial charge in [0.05, 0.1) is 25.9 Å². The van der Waals surface area contributed by atoms with Crippen LogP contribution in [-0.4, -0.2) is 50.0 Å². The first-order chi connectivity index (χ1) is 9.88. The molecule has 0 spiro atoms. The van der Waals surface area contributed by atoms with Crippen molar-refractivity contribution >= 4 is 0 Å². The fraction of sp³-hybridized carbons (Fsp3) is 0.529. The number of fused-ring (bicyclic) bond motifs is 1. The molecule has 3 atom stereocenters. The van der Waals surface area contributed by atoms with Crippen molar-refractivity contribution in [3.05, 3.63) is 48.6 Å². The van der Waals surface area contributed by atoms with Crippen molar-refractivity contribution in [2.45, 2.75) is 18.6 Å². The smallest absolute Gasteiger partial charge is 0.0772 e. The summed E-state index contributed by atoms with van der Waals surface area (Å²) in [6.45, 7) is 8.18. The predicted molar refractivity (Wildman–Crippen MR) is 79.8 cm³/mol. The summed E-state index contributed by atoms with van der Waals surface area (Å²) in [5, 5.41) is 0. The van der Waals surface area contributed by atoms with Gasteiger partial charge in [-0.25, -0.2) is 0 Å². The van der Waals surface area contributed by atoms with Crippen LogP contribution in [0.15, 0.2) is 43.0 Å². The van der Waals surface area contributed by atoms with Gasteiger partial charge in [-0.05, 0) is 12.0 Å². The molecule has 2 aliphatic heterocycles. The van der Waals surface area contributed by atoms with Crippen LogP contribution in [-0.2, 0) is 15.9 Å². The minimum atomic E-state index is 0.302. The van der Waals surface area contributed by atoms with Crippen LogP contribution in [0.4, 0.5) is 0 Å². The predicted octanol–water partition coefficient (Wildman–Crippen LogP) is 2.13. The summed E-state index contributed by atoms with van der Waals surface area (Å²) in [5.74, 6) is 0.533. The average Bonchev–Trinajstić information content (AvgIpc) is 3.07. The van der Waals surface area contributed by atoms with Crippen LogP contribution in [0.3, 0.4) is 0 Å². The molecular weight excluding hydrogens is 250 g/mol. The molecule has 0 amide bonds. The van der Waals surface area contributed by atoms with E-state index in [4.69, 9.17) is 9.47 Å². The largest absolute Gasteiger partial charge is 0.379 e. The van der Waals surface area contributed by atoms with Crippen molar-refractivity contribution in [2.75, 3.05) is 32.9 Å². The van der Waals surface area contributed by atoms with E-state index in [1.54, 1.807) is 0 Å². The molecule has 108 valence electrons. The molecule has 0 unspecified atom stereocenters. The Bertz CT molecular complexity index is 434. The lowest BCUT2D eigenvalue weighted by Gasteiger charge is -2.21. The van der Waals surface area contributed by atoms with Crippen molar-refractivity contribution in [2.24, 2.45) is 5.92 Å². The quantitative estimate of drug-likeness (QED) is 0.741. The van der Waals surface area contributed by atoms with E-state index in [9.17, 15) is 0 Å². The molecule has 0 bridgehead atoms. The Labute approximate surface area is 121 Å². The van der Waals surface area contributed by atoms with Gasteiger partial charge in [0.25, 0.3) is 0 Å². The molecule has 3 nitrogen and oxygen atoms in total. The molecule has 2 saturated heterocycles. The van der Waals surface area contributed by atoms with Crippen molar-refractivity contribution < 1.29 is 9.47 Å². The lowest BCUT2D eigenvalue weighted by Crippen LogP contribution is -2.34. The maximum Gasteiger partial charge on any atom is 0.0772 e. The molecule has 2 aliphatic rings. The Morgan fingerprint density at radius 1 is 1.30 bits per heavy atom. The van der Waals surface area contributed by atoms with Crippen molar-refractivity contribution in [1.29, 1.82) is 0 Å². The van der Waals surface area contributed by atoms with Crippen LogP contribution in [0.25, 0.3) is 0 Å². The number of hydrogen-bond acceptors (Lipinski definition) is 3. The highest BCUT2D eigenvalue weighted by Gasteiger charge is 2.45. The molecule has 1 aromatic rings. The standard InChI is InChI=1S/C17H23NO2/c1-2-10-20-17-11-18(16-13-19-12-15(16)17)9-8-14-6-4-3-5-7-14/h2-7,15-17H,1,8-13H2/t15-,16+,17+/m0/s1. The van der Waals surface area contributed by atoms with Crippen molar-refractivity contribution in [1.82, 2.24) is 4.90 Å². The Morgan fingerprint density at radius 3 is 2.95 bits per heavy atom. The summed E-state index contributed by atoms with van der Waals surface area (Å²) in [7, 11) is 0. The van der Waals surface area contributed by atoms with Gasteiger partial charge in [-0.3, -0.25) is 4.90 Å². The van der Waals surface area contributed by atoms with E-state index < -0.39 is 0 Å². The molecule has 2 fully saturated rings. The van der Waals surface area contributed by atoms with Gasteiger partial charge in [-0.15, -0.1) is 6.58 Å². The molecular formula is C17H23NO2. The van der Waals surface area contributed by atoms with E-state index in [-0.39, 0.29) is 0 Å². The number of rotatable bonds is 6. The van der Waals surface area contributed by atoms with Gasteiger partial charge in [0.2, 0.25) is 0 Å². The average molecular weight is 273 g/mol.